The van der Waals surface area contributed by atoms with Crippen LogP contribution in [-0.2, 0) is 4.79 Å². The largest absolute Gasteiger partial charge is 0.493 e. The number of fused-ring (bicyclic) bond motifs is 1. The van der Waals surface area contributed by atoms with Gasteiger partial charge in [0.1, 0.15) is 12.1 Å². The molecule has 3 aromatic rings. The first kappa shape index (κ1) is 17.5. The number of benzene rings is 2. The molecule has 2 N–H and O–H groups in total. The summed E-state index contributed by atoms with van der Waals surface area (Å²) in [6.07, 6.45) is 1.94. The van der Waals surface area contributed by atoms with Gasteiger partial charge in [0.05, 0.1) is 19.7 Å². The third kappa shape index (κ3) is 3.66. The van der Waals surface area contributed by atoms with Gasteiger partial charge in [0.25, 0.3) is 0 Å². The molecule has 0 aliphatic heterocycles. The first-order chi connectivity index (χ1) is 12.6. The number of nitrogens with one attached hydrogen (secondary N) is 2. The number of hydrogen-bond donors (Lipinski definition) is 2. The van der Waals surface area contributed by atoms with Gasteiger partial charge in [-0.1, -0.05) is 6.92 Å². The van der Waals surface area contributed by atoms with E-state index in [1.54, 1.807) is 14.2 Å². The molecule has 0 bridgehead atoms. The topological polar surface area (TPSA) is 85.4 Å². The van der Waals surface area contributed by atoms with Crippen molar-refractivity contribution in [3.05, 3.63) is 42.7 Å². The second kappa shape index (κ2) is 7.69. The number of amides is 1. The number of rotatable bonds is 6. The summed E-state index contributed by atoms with van der Waals surface area (Å²) >= 11 is 0. The molecule has 0 fully saturated rings. The Morgan fingerprint density at radius 1 is 1.00 bits per heavy atom. The molecule has 7 heteroatoms. The Morgan fingerprint density at radius 3 is 2.31 bits per heavy atom. The van der Waals surface area contributed by atoms with E-state index in [1.165, 1.54) is 6.33 Å². The van der Waals surface area contributed by atoms with E-state index in [9.17, 15) is 4.79 Å². The quantitative estimate of drug-likeness (QED) is 0.703. The number of ether oxygens (including phenoxy) is 2. The Morgan fingerprint density at radius 2 is 1.65 bits per heavy atom. The van der Waals surface area contributed by atoms with Crippen LogP contribution < -0.4 is 20.1 Å². The maximum absolute atomic E-state index is 11.5. The molecule has 2 aromatic carbocycles. The fourth-order valence-electron chi connectivity index (χ4n) is 2.51. The van der Waals surface area contributed by atoms with Crippen molar-refractivity contribution in [2.24, 2.45) is 0 Å². The zero-order valence-corrected chi connectivity index (χ0v) is 14.9. The van der Waals surface area contributed by atoms with Crippen LogP contribution in [0.5, 0.6) is 11.5 Å². The van der Waals surface area contributed by atoms with E-state index in [0.29, 0.717) is 23.7 Å². The standard InChI is InChI=1S/C19H20N4O3/c1-4-18(24)22-12-5-7-13(8-6-12)23-19-14-9-16(25-2)17(26-3)10-15(14)20-11-21-19/h5-11H,4H2,1-3H3,(H,22,24)(H,20,21,23). The minimum Gasteiger partial charge on any atom is -0.493 e. The Bertz CT molecular complexity index is 926. The second-order valence-corrected chi connectivity index (χ2v) is 5.55. The van der Waals surface area contributed by atoms with Crippen molar-refractivity contribution in [1.29, 1.82) is 0 Å². The molecule has 0 saturated carbocycles. The van der Waals surface area contributed by atoms with Gasteiger partial charge < -0.3 is 20.1 Å². The highest BCUT2D eigenvalue weighted by Crippen LogP contribution is 2.34. The van der Waals surface area contributed by atoms with E-state index < -0.39 is 0 Å². The van der Waals surface area contributed by atoms with Crippen LogP contribution in [0.25, 0.3) is 10.9 Å². The van der Waals surface area contributed by atoms with Crippen LogP contribution in [-0.4, -0.2) is 30.1 Å². The van der Waals surface area contributed by atoms with Gasteiger partial charge in [0.2, 0.25) is 5.91 Å². The molecule has 1 amide bonds. The van der Waals surface area contributed by atoms with Crippen LogP contribution in [0.3, 0.4) is 0 Å². The zero-order chi connectivity index (χ0) is 18.5. The summed E-state index contributed by atoms with van der Waals surface area (Å²) in [5.41, 5.74) is 2.34. The predicted molar refractivity (Wildman–Crippen MR) is 101 cm³/mol. The lowest BCUT2D eigenvalue weighted by molar-refractivity contribution is -0.115. The van der Waals surface area contributed by atoms with Crippen molar-refractivity contribution < 1.29 is 14.3 Å². The summed E-state index contributed by atoms with van der Waals surface area (Å²) in [4.78, 5) is 20.1. The highest BCUT2D eigenvalue weighted by molar-refractivity contribution is 5.93. The summed E-state index contributed by atoms with van der Waals surface area (Å²) in [6.45, 7) is 1.81. The van der Waals surface area contributed by atoms with Crippen LogP contribution in [0.2, 0.25) is 0 Å². The van der Waals surface area contributed by atoms with E-state index in [1.807, 2.05) is 43.3 Å². The van der Waals surface area contributed by atoms with E-state index in [-0.39, 0.29) is 5.91 Å². The summed E-state index contributed by atoms with van der Waals surface area (Å²) in [5.74, 6) is 1.85. The summed E-state index contributed by atoms with van der Waals surface area (Å²) in [5, 5.41) is 6.90. The minimum atomic E-state index is -0.0199. The van der Waals surface area contributed by atoms with Crippen molar-refractivity contribution in [2.75, 3.05) is 24.9 Å². The van der Waals surface area contributed by atoms with Gasteiger partial charge in [-0.15, -0.1) is 0 Å². The van der Waals surface area contributed by atoms with Crippen LogP contribution in [0.4, 0.5) is 17.2 Å². The molecule has 1 aromatic heterocycles. The van der Waals surface area contributed by atoms with Gasteiger partial charge in [-0.2, -0.15) is 0 Å². The number of carbonyl (C=O) groups is 1. The Kier molecular flexibility index (Phi) is 5.17. The molecule has 0 atom stereocenters. The molecule has 0 spiro atoms. The molecule has 7 nitrogen and oxygen atoms in total. The molecule has 0 saturated heterocycles. The lowest BCUT2D eigenvalue weighted by Crippen LogP contribution is -2.09. The Balaban J connectivity index is 1.90. The molecule has 0 aliphatic rings. The van der Waals surface area contributed by atoms with Crippen LogP contribution >= 0.6 is 0 Å². The van der Waals surface area contributed by atoms with Crippen LogP contribution in [0.15, 0.2) is 42.7 Å². The van der Waals surface area contributed by atoms with Gasteiger partial charge in [0, 0.05) is 29.2 Å². The number of aromatic nitrogens is 2. The first-order valence-corrected chi connectivity index (χ1v) is 8.18. The SMILES string of the molecule is CCC(=O)Nc1ccc(Nc2ncnc3cc(OC)c(OC)cc23)cc1. The second-order valence-electron chi connectivity index (χ2n) is 5.55. The van der Waals surface area contributed by atoms with Gasteiger partial charge in [-0.3, -0.25) is 4.79 Å². The zero-order valence-electron chi connectivity index (χ0n) is 14.9. The summed E-state index contributed by atoms with van der Waals surface area (Å²) in [7, 11) is 3.17. The highest BCUT2D eigenvalue weighted by atomic mass is 16.5. The van der Waals surface area contributed by atoms with Crippen LogP contribution in [0, 0.1) is 0 Å². The molecule has 0 aliphatic carbocycles. The average molecular weight is 352 g/mol. The third-order valence-electron chi connectivity index (χ3n) is 3.89. The van der Waals surface area contributed by atoms with E-state index in [2.05, 4.69) is 20.6 Å². The third-order valence-corrected chi connectivity index (χ3v) is 3.89. The fraction of sp³-hybridized carbons (Fsp3) is 0.211. The van der Waals surface area contributed by atoms with E-state index in [0.717, 1.165) is 22.3 Å². The number of nitrogens with zero attached hydrogens (tertiary/aromatic N) is 2. The number of carbonyl (C=O) groups excluding carboxylic acids is 1. The maximum Gasteiger partial charge on any atom is 0.224 e. The summed E-state index contributed by atoms with van der Waals surface area (Å²) in [6, 6.07) is 11.1. The summed E-state index contributed by atoms with van der Waals surface area (Å²) < 4.78 is 10.7. The monoisotopic (exact) mass is 352 g/mol. The van der Waals surface area contributed by atoms with Crippen molar-refractivity contribution >= 4 is 34.0 Å². The van der Waals surface area contributed by atoms with Gasteiger partial charge in [0.15, 0.2) is 11.5 Å². The van der Waals surface area contributed by atoms with Crippen molar-refractivity contribution in [3.63, 3.8) is 0 Å². The molecular weight excluding hydrogens is 332 g/mol. The molecule has 134 valence electrons. The highest BCUT2D eigenvalue weighted by Gasteiger charge is 2.11. The minimum absolute atomic E-state index is 0.0199. The average Bonchev–Trinajstić information content (AvgIpc) is 2.68. The Labute approximate surface area is 151 Å². The van der Waals surface area contributed by atoms with Crippen LogP contribution in [0.1, 0.15) is 13.3 Å². The van der Waals surface area contributed by atoms with E-state index >= 15 is 0 Å². The fourth-order valence-corrected chi connectivity index (χ4v) is 2.51. The van der Waals surface area contributed by atoms with Crippen molar-refractivity contribution in [1.82, 2.24) is 9.97 Å². The molecular formula is C19H20N4O3. The molecule has 1 heterocycles. The van der Waals surface area contributed by atoms with Gasteiger partial charge in [-0.05, 0) is 30.3 Å². The molecule has 26 heavy (non-hydrogen) atoms. The number of anilines is 3. The van der Waals surface area contributed by atoms with E-state index in [4.69, 9.17) is 9.47 Å². The first-order valence-electron chi connectivity index (χ1n) is 8.18. The molecule has 0 unspecified atom stereocenters. The predicted octanol–water partition coefficient (Wildman–Crippen LogP) is 3.74. The smallest absolute Gasteiger partial charge is 0.224 e. The lowest BCUT2D eigenvalue weighted by Gasteiger charge is -2.12. The lowest BCUT2D eigenvalue weighted by atomic mass is 10.2. The van der Waals surface area contributed by atoms with Gasteiger partial charge in [-0.25, -0.2) is 9.97 Å². The maximum atomic E-state index is 11.5. The Hall–Kier alpha value is -3.35. The number of hydrogen-bond acceptors (Lipinski definition) is 6. The molecule has 0 radical (unpaired) electrons. The van der Waals surface area contributed by atoms with Crippen molar-refractivity contribution in [2.45, 2.75) is 13.3 Å². The van der Waals surface area contributed by atoms with Gasteiger partial charge >= 0.3 is 0 Å². The number of methoxy groups -OCH3 is 2. The molecule has 3 rings (SSSR count). The van der Waals surface area contributed by atoms with Crippen molar-refractivity contribution in [3.8, 4) is 11.5 Å². The normalized spacial score (nSPS) is 10.4.